The Labute approximate surface area is 121 Å². The Bertz CT molecular complexity index is 555. The molecule has 102 valence electrons. The normalized spacial score (nSPS) is 12.6. The van der Waals surface area contributed by atoms with Crippen molar-refractivity contribution < 1.29 is 0 Å². The molecule has 2 rings (SSSR count). The molecule has 1 aromatic heterocycles. The van der Waals surface area contributed by atoms with E-state index in [2.05, 4.69) is 27.8 Å². The molecule has 1 N–H and O–H groups in total. The summed E-state index contributed by atoms with van der Waals surface area (Å²) in [6.07, 6.45) is 1.05. The van der Waals surface area contributed by atoms with Crippen LogP contribution in [0.1, 0.15) is 32.1 Å². The van der Waals surface area contributed by atoms with E-state index >= 15 is 0 Å². The summed E-state index contributed by atoms with van der Waals surface area (Å²) in [4.78, 5) is 0. The molecule has 2 aromatic rings. The highest BCUT2D eigenvalue weighted by molar-refractivity contribution is 6.34. The van der Waals surface area contributed by atoms with Crippen LogP contribution in [0.15, 0.2) is 18.2 Å². The molecule has 0 saturated heterocycles. The summed E-state index contributed by atoms with van der Waals surface area (Å²) in [6, 6.07) is 5.24. The monoisotopic (exact) mass is 299 g/mol. The summed E-state index contributed by atoms with van der Waals surface area (Å²) in [5, 5.41) is 16.3. The number of halogens is 2. The molecule has 0 aliphatic rings. The van der Waals surface area contributed by atoms with Gasteiger partial charge < -0.3 is 5.32 Å². The SMILES string of the molecule is CCCNC(C)c1nnnn1-c1cc(Cl)ccc1Cl. The Morgan fingerprint density at radius 1 is 1.37 bits per heavy atom. The van der Waals surface area contributed by atoms with Crippen LogP contribution in [0.25, 0.3) is 5.69 Å². The van der Waals surface area contributed by atoms with Crippen molar-refractivity contribution in [1.82, 2.24) is 25.5 Å². The van der Waals surface area contributed by atoms with Crippen LogP contribution in [0.5, 0.6) is 0 Å². The van der Waals surface area contributed by atoms with E-state index < -0.39 is 0 Å². The summed E-state index contributed by atoms with van der Waals surface area (Å²) >= 11 is 12.2. The molecule has 0 amide bonds. The highest BCUT2D eigenvalue weighted by atomic mass is 35.5. The van der Waals surface area contributed by atoms with Crippen LogP contribution in [0.2, 0.25) is 10.0 Å². The Hall–Kier alpha value is -1.17. The molecule has 7 heteroatoms. The maximum absolute atomic E-state index is 6.17. The fraction of sp³-hybridized carbons (Fsp3) is 0.417. The minimum atomic E-state index is 0.0324. The first-order valence-corrected chi connectivity index (χ1v) is 6.86. The van der Waals surface area contributed by atoms with Gasteiger partial charge in [0.2, 0.25) is 0 Å². The minimum Gasteiger partial charge on any atom is -0.307 e. The highest BCUT2D eigenvalue weighted by Crippen LogP contribution is 2.25. The molecule has 1 unspecified atom stereocenters. The molecule has 5 nitrogen and oxygen atoms in total. The third-order valence-electron chi connectivity index (χ3n) is 2.72. The van der Waals surface area contributed by atoms with Gasteiger partial charge >= 0.3 is 0 Å². The average Bonchev–Trinajstić information content (AvgIpc) is 2.88. The third-order valence-corrected chi connectivity index (χ3v) is 3.27. The first-order valence-electron chi connectivity index (χ1n) is 6.10. The second-order valence-electron chi connectivity index (χ2n) is 4.22. The quantitative estimate of drug-likeness (QED) is 0.922. The largest absolute Gasteiger partial charge is 0.307 e. The summed E-state index contributed by atoms with van der Waals surface area (Å²) in [7, 11) is 0. The van der Waals surface area contributed by atoms with Crippen LogP contribution in [0.4, 0.5) is 0 Å². The van der Waals surface area contributed by atoms with E-state index in [1.54, 1.807) is 22.9 Å². The van der Waals surface area contributed by atoms with E-state index in [0.717, 1.165) is 13.0 Å². The molecule has 1 atom stereocenters. The van der Waals surface area contributed by atoms with E-state index in [-0.39, 0.29) is 6.04 Å². The first-order chi connectivity index (χ1) is 9.13. The number of nitrogens with one attached hydrogen (secondary N) is 1. The second kappa shape index (κ2) is 6.32. The van der Waals surface area contributed by atoms with E-state index in [1.165, 1.54) is 0 Å². The van der Waals surface area contributed by atoms with Gasteiger partial charge in [-0.2, -0.15) is 4.68 Å². The summed E-state index contributed by atoms with van der Waals surface area (Å²) in [6.45, 7) is 5.02. The van der Waals surface area contributed by atoms with Crippen molar-refractivity contribution in [3.63, 3.8) is 0 Å². The van der Waals surface area contributed by atoms with Gasteiger partial charge in [0.1, 0.15) is 0 Å². The van der Waals surface area contributed by atoms with Crippen molar-refractivity contribution in [1.29, 1.82) is 0 Å². The first kappa shape index (κ1) is 14.2. The fourth-order valence-electron chi connectivity index (χ4n) is 1.74. The lowest BCUT2D eigenvalue weighted by Gasteiger charge is -2.13. The molecule has 0 fully saturated rings. The molecule has 0 spiro atoms. The zero-order valence-electron chi connectivity index (χ0n) is 10.8. The summed E-state index contributed by atoms with van der Waals surface area (Å²) < 4.78 is 1.61. The minimum absolute atomic E-state index is 0.0324. The predicted molar refractivity (Wildman–Crippen MR) is 75.9 cm³/mol. The molecule has 1 heterocycles. The maximum Gasteiger partial charge on any atom is 0.173 e. The smallest absolute Gasteiger partial charge is 0.173 e. The lowest BCUT2D eigenvalue weighted by molar-refractivity contribution is 0.531. The van der Waals surface area contributed by atoms with Gasteiger partial charge in [-0.15, -0.1) is 5.10 Å². The molecule has 0 radical (unpaired) electrons. The summed E-state index contributed by atoms with van der Waals surface area (Å²) in [5.41, 5.74) is 0.680. The molecule has 1 aromatic carbocycles. The summed E-state index contributed by atoms with van der Waals surface area (Å²) in [5.74, 6) is 0.706. The zero-order chi connectivity index (χ0) is 13.8. The van der Waals surface area contributed by atoms with Crippen molar-refractivity contribution in [3.8, 4) is 5.69 Å². The van der Waals surface area contributed by atoms with Crippen LogP contribution >= 0.6 is 23.2 Å². The van der Waals surface area contributed by atoms with Gasteiger partial charge in [0.25, 0.3) is 0 Å². The Morgan fingerprint density at radius 3 is 2.89 bits per heavy atom. The molecule has 0 aliphatic heterocycles. The zero-order valence-corrected chi connectivity index (χ0v) is 12.3. The van der Waals surface area contributed by atoms with Gasteiger partial charge in [-0.1, -0.05) is 30.1 Å². The van der Waals surface area contributed by atoms with Crippen molar-refractivity contribution in [2.24, 2.45) is 0 Å². The van der Waals surface area contributed by atoms with Gasteiger partial charge in [0.15, 0.2) is 5.82 Å². The van der Waals surface area contributed by atoms with Crippen LogP contribution in [-0.2, 0) is 0 Å². The predicted octanol–water partition coefficient (Wildman–Crippen LogP) is 3.03. The van der Waals surface area contributed by atoms with Gasteiger partial charge in [-0.3, -0.25) is 0 Å². The topological polar surface area (TPSA) is 55.6 Å². The van der Waals surface area contributed by atoms with Gasteiger partial charge in [-0.25, -0.2) is 0 Å². The highest BCUT2D eigenvalue weighted by Gasteiger charge is 2.17. The van der Waals surface area contributed by atoms with Crippen LogP contribution in [-0.4, -0.2) is 26.8 Å². The van der Waals surface area contributed by atoms with Gasteiger partial charge in [0, 0.05) is 5.02 Å². The number of hydrogen-bond donors (Lipinski definition) is 1. The standard InChI is InChI=1S/C12H15Cl2N5/c1-3-6-15-8(2)12-16-17-18-19(12)11-7-9(13)4-5-10(11)14/h4-5,7-8,15H,3,6H2,1-2H3. The van der Waals surface area contributed by atoms with Crippen LogP contribution in [0.3, 0.4) is 0 Å². The molecule has 0 saturated carbocycles. The number of rotatable bonds is 5. The number of tetrazole rings is 1. The molecular formula is C12H15Cl2N5. The maximum atomic E-state index is 6.17. The fourth-order valence-corrected chi connectivity index (χ4v) is 2.10. The van der Waals surface area contributed by atoms with Gasteiger partial charge in [-0.05, 0) is 48.5 Å². The number of hydrogen-bond acceptors (Lipinski definition) is 4. The molecular weight excluding hydrogens is 285 g/mol. The average molecular weight is 300 g/mol. The molecule has 0 aliphatic carbocycles. The van der Waals surface area contributed by atoms with Crippen LogP contribution < -0.4 is 5.32 Å². The number of nitrogens with zero attached hydrogens (tertiary/aromatic N) is 4. The number of aromatic nitrogens is 4. The Morgan fingerprint density at radius 2 is 2.16 bits per heavy atom. The van der Waals surface area contributed by atoms with E-state index in [1.807, 2.05) is 6.92 Å². The van der Waals surface area contributed by atoms with E-state index in [9.17, 15) is 0 Å². The Balaban J connectivity index is 2.35. The number of benzene rings is 1. The second-order valence-corrected chi connectivity index (χ2v) is 5.06. The van der Waals surface area contributed by atoms with E-state index in [4.69, 9.17) is 23.2 Å². The molecule has 0 bridgehead atoms. The Kier molecular flexibility index (Phi) is 4.74. The van der Waals surface area contributed by atoms with Crippen molar-refractivity contribution in [2.45, 2.75) is 26.3 Å². The van der Waals surface area contributed by atoms with Crippen molar-refractivity contribution in [3.05, 3.63) is 34.1 Å². The third kappa shape index (κ3) is 3.23. The lowest BCUT2D eigenvalue weighted by Crippen LogP contribution is -2.22. The van der Waals surface area contributed by atoms with Gasteiger partial charge in [0.05, 0.1) is 16.8 Å². The van der Waals surface area contributed by atoms with E-state index in [0.29, 0.717) is 21.6 Å². The molecule has 19 heavy (non-hydrogen) atoms. The lowest BCUT2D eigenvalue weighted by atomic mass is 10.2. The van der Waals surface area contributed by atoms with Crippen molar-refractivity contribution in [2.75, 3.05) is 6.54 Å². The van der Waals surface area contributed by atoms with Crippen LogP contribution in [0, 0.1) is 0 Å². The van der Waals surface area contributed by atoms with Crippen molar-refractivity contribution >= 4 is 23.2 Å².